The van der Waals surface area contributed by atoms with E-state index in [0.717, 1.165) is 25.7 Å². The Bertz CT molecular complexity index is 404. The summed E-state index contributed by atoms with van der Waals surface area (Å²) in [5.41, 5.74) is 0. The summed E-state index contributed by atoms with van der Waals surface area (Å²) in [5.74, 6) is -1.03. The van der Waals surface area contributed by atoms with Gasteiger partial charge in [0.25, 0.3) is 0 Å². The van der Waals surface area contributed by atoms with E-state index in [4.69, 9.17) is 5.11 Å². The standard InChI is InChI=1S/C18H30O5/c1-2-3-4-8-14-15(17(21)12-16(14)20)11-10-13(19)7-5-6-9-18(22)23/h10-11,13-15,17,19,21H,2-9,12H2,1H3,(H,22,23)/b11-10+/t13-,14-,15+,17+/m0/s1. The SMILES string of the molecule is CCCCC[C@@H]1C(=O)C[C@@H](O)[C@@H]1/C=C/[C@@H](O)CCCCC(=O)O. The second-order valence-electron chi connectivity index (χ2n) is 6.51. The highest BCUT2D eigenvalue weighted by molar-refractivity contribution is 5.84. The average molecular weight is 326 g/mol. The van der Waals surface area contributed by atoms with Crippen LogP contribution in [0, 0.1) is 11.8 Å². The summed E-state index contributed by atoms with van der Waals surface area (Å²) in [7, 11) is 0. The zero-order chi connectivity index (χ0) is 17.2. The summed E-state index contributed by atoms with van der Waals surface area (Å²) in [6.45, 7) is 2.11. The Balaban J connectivity index is 2.44. The van der Waals surface area contributed by atoms with Crippen molar-refractivity contribution in [1.82, 2.24) is 0 Å². The average Bonchev–Trinajstić information content (AvgIpc) is 2.75. The molecule has 4 atom stereocenters. The number of carboxylic acid groups (broad SMARTS) is 1. The van der Waals surface area contributed by atoms with Gasteiger partial charge in [0.05, 0.1) is 12.2 Å². The van der Waals surface area contributed by atoms with Gasteiger partial charge in [0.1, 0.15) is 5.78 Å². The van der Waals surface area contributed by atoms with E-state index >= 15 is 0 Å². The van der Waals surface area contributed by atoms with Gasteiger partial charge in [-0.3, -0.25) is 9.59 Å². The summed E-state index contributed by atoms with van der Waals surface area (Å²) in [4.78, 5) is 22.4. The van der Waals surface area contributed by atoms with Gasteiger partial charge < -0.3 is 15.3 Å². The first-order valence-corrected chi connectivity index (χ1v) is 8.74. The van der Waals surface area contributed by atoms with Crippen LogP contribution in [0.5, 0.6) is 0 Å². The number of aliphatic hydroxyl groups is 2. The smallest absolute Gasteiger partial charge is 0.303 e. The molecule has 1 saturated carbocycles. The van der Waals surface area contributed by atoms with E-state index in [2.05, 4.69) is 6.92 Å². The first-order valence-electron chi connectivity index (χ1n) is 8.74. The van der Waals surface area contributed by atoms with Crippen molar-refractivity contribution in [2.24, 2.45) is 11.8 Å². The number of hydrogen-bond donors (Lipinski definition) is 3. The zero-order valence-corrected chi connectivity index (χ0v) is 14.0. The minimum absolute atomic E-state index is 0.117. The molecule has 0 heterocycles. The maximum atomic E-state index is 12.0. The first kappa shape index (κ1) is 19.8. The van der Waals surface area contributed by atoms with E-state index in [-0.39, 0.29) is 30.5 Å². The van der Waals surface area contributed by atoms with Crippen molar-refractivity contribution in [3.05, 3.63) is 12.2 Å². The van der Waals surface area contributed by atoms with Crippen molar-refractivity contribution >= 4 is 11.8 Å². The molecule has 0 aromatic heterocycles. The normalized spacial score (nSPS) is 26.0. The number of Topliss-reactive ketones (excluding diaryl/α,β-unsaturated/α-hetero) is 1. The quantitative estimate of drug-likeness (QED) is 0.401. The van der Waals surface area contributed by atoms with Crippen LogP contribution in [0.2, 0.25) is 0 Å². The number of carbonyl (C=O) groups excluding carboxylic acids is 1. The molecule has 132 valence electrons. The summed E-state index contributed by atoms with van der Waals surface area (Å²) in [6, 6.07) is 0. The fourth-order valence-electron chi connectivity index (χ4n) is 3.19. The third kappa shape index (κ3) is 7.27. The van der Waals surface area contributed by atoms with E-state index in [0.29, 0.717) is 19.3 Å². The Morgan fingerprint density at radius 2 is 2.04 bits per heavy atom. The van der Waals surface area contributed by atoms with E-state index in [1.165, 1.54) is 0 Å². The highest BCUT2D eigenvalue weighted by Crippen LogP contribution is 2.34. The molecule has 0 aliphatic heterocycles. The van der Waals surface area contributed by atoms with Gasteiger partial charge in [0, 0.05) is 24.7 Å². The summed E-state index contributed by atoms with van der Waals surface area (Å²) in [5, 5.41) is 28.5. The third-order valence-corrected chi connectivity index (χ3v) is 4.55. The molecule has 0 radical (unpaired) electrons. The van der Waals surface area contributed by atoms with Gasteiger partial charge in [-0.2, -0.15) is 0 Å². The molecule has 1 aliphatic carbocycles. The van der Waals surface area contributed by atoms with Crippen LogP contribution in [-0.2, 0) is 9.59 Å². The number of carboxylic acids is 1. The van der Waals surface area contributed by atoms with E-state index in [1.807, 2.05) is 0 Å². The molecule has 0 bridgehead atoms. The van der Waals surface area contributed by atoms with Crippen molar-refractivity contribution in [3.63, 3.8) is 0 Å². The Morgan fingerprint density at radius 1 is 1.30 bits per heavy atom. The van der Waals surface area contributed by atoms with Gasteiger partial charge in [0.15, 0.2) is 0 Å². The minimum atomic E-state index is -0.822. The molecule has 5 heteroatoms. The van der Waals surface area contributed by atoms with Crippen LogP contribution < -0.4 is 0 Å². The molecule has 0 aromatic rings. The highest BCUT2D eigenvalue weighted by atomic mass is 16.4. The number of unbranched alkanes of at least 4 members (excludes halogenated alkanes) is 3. The predicted molar refractivity (Wildman–Crippen MR) is 88.0 cm³/mol. The number of rotatable bonds is 11. The summed E-state index contributed by atoms with van der Waals surface area (Å²) < 4.78 is 0. The van der Waals surface area contributed by atoms with Crippen LogP contribution in [-0.4, -0.2) is 39.3 Å². The lowest BCUT2D eigenvalue weighted by molar-refractivity contribution is -0.137. The summed E-state index contributed by atoms with van der Waals surface area (Å²) in [6.07, 6.45) is 8.12. The number of carbonyl (C=O) groups is 2. The van der Waals surface area contributed by atoms with Gasteiger partial charge in [-0.15, -0.1) is 0 Å². The Hall–Kier alpha value is -1.20. The molecule has 0 amide bonds. The van der Waals surface area contributed by atoms with Crippen LogP contribution in [0.25, 0.3) is 0 Å². The molecular formula is C18H30O5. The molecule has 0 spiro atoms. The number of aliphatic hydroxyl groups excluding tert-OH is 2. The van der Waals surface area contributed by atoms with Gasteiger partial charge in [0.2, 0.25) is 0 Å². The lowest BCUT2D eigenvalue weighted by Crippen LogP contribution is -2.19. The van der Waals surface area contributed by atoms with Gasteiger partial charge in [-0.1, -0.05) is 38.3 Å². The lowest BCUT2D eigenvalue weighted by atomic mass is 9.88. The molecular weight excluding hydrogens is 296 g/mol. The molecule has 23 heavy (non-hydrogen) atoms. The van der Waals surface area contributed by atoms with Crippen LogP contribution in [0.15, 0.2) is 12.2 Å². The second kappa shape index (κ2) is 10.6. The minimum Gasteiger partial charge on any atom is -0.481 e. The van der Waals surface area contributed by atoms with Crippen LogP contribution in [0.1, 0.15) is 64.7 Å². The molecule has 1 aliphatic rings. The van der Waals surface area contributed by atoms with Crippen LogP contribution in [0.4, 0.5) is 0 Å². The van der Waals surface area contributed by atoms with Gasteiger partial charge in [-0.05, 0) is 25.7 Å². The highest BCUT2D eigenvalue weighted by Gasteiger charge is 2.39. The number of hydrogen-bond acceptors (Lipinski definition) is 4. The third-order valence-electron chi connectivity index (χ3n) is 4.55. The van der Waals surface area contributed by atoms with Crippen molar-refractivity contribution in [2.45, 2.75) is 76.9 Å². The first-order chi connectivity index (χ1) is 11.0. The zero-order valence-electron chi connectivity index (χ0n) is 14.0. The largest absolute Gasteiger partial charge is 0.481 e. The fraction of sp³-hybridized carbons (Fsp3) is 0.778. The topological polar surface area (TPSA) is 94.8 Å². The Labute approximate surface area is 138 Å². The molecule has 1 rings (SSSR count). The molecule has 0 unspecified atom stereocenters. The van der Waals surface area contributed by atoms with E-state index < -0.39 is 18.2 Å². The predicted octanol–water partition coefficient (Wildman–Crippen LogP) is 2.69. The summed E-state index contributed by atoms with van der Waals surface area (Å²) >= 11 is 0. The van der Waals surface area contributed by atoms with E-state index in [9.17, 15) is 19.8 Å². The Kier molecular flexibility index (Phi) is 9.10. The molecule has 1 fully saturated rings. The van der Waals surface area contributed by atoms with Crippen LogP contribution in [0.3, 0.4) is 0 Å². The maximum absolute atomic E-state index is 12.0. The monoisotopic (exact) mass is 326 g/mol. The lowest BCUT2D eigenvalue weighted by Gasteiger charge is -2.18. The second-order valence-corrected chi connectivity index (χ2v) is 6.51. The molecule has 5 nitrogen and oxygen atoms in total. The molecule has 0 aromatic carbocycles. The molecule has 3 N–H and O–H groups in total. The van der Waals surface area contributed by atoms with Crippen molar-refractivity contribution in [2.75, 3.05) is 0 Å². The van der Waals surface area contributed by atoms with Crippen molar-refractivity contribution in [3.8, 4) is 0 Å². The van der Waals surface area contributed by atoms with Crippen LogP contribution >= 0.6 is 0 Å². The Morgan fingerprint density at radius 3 is 2.70 bits per heavy atom. The maximum Gasteiger partial charge on any atom is 0.303 e. The van der Waals surface area contributed by atoms with Crippen molar-refractivity contribution in [1.29, 1.82) is 0 Å². The number of aliphatic carboxylic acids is 1. The fourth-order valence-corrected chi connectivity index (χ4v) is 3.19. The molecule has 0 saturated heterocycles. The van der Waals surface area contributed by atoms with Gasteiger partial charge >= 0.3 is 5.97 Å². The van der Waals surface area contributed by atoms with Gasteiger partial charge in [-0.25, -0.2) is 0 Å². The number of ketones is 1. The van der Waals surface area contributed by atoms with E-state index in [1.54, 1.807) is 12.2 Å². The van der Waals surface area contributed by atoms with Crippen molar-refractivity contribution < 1.29 is 24.9 Å².